The van der Waals surface area contributed by atoms with Gasteiger partial charge in [0.25, 0.3) is 0 Å². The first kappa shape index (κ1) is 31.2. The number of rotatable bonds is 17. The van der Waals surface area contributed by atoms with Crippen LogP contribution in [0.2, 0.25) is 0 Å². The number of aliphatic hydroxyl groups is 1. The van der Waals surface area contributed by atoms with Crippen molar-refractivity contribution in [3.63, 3.8) is 0 Å². The van der Waals surface area contributed by atoms with Gasteiger partial charge in [-0.25, -0.2) is 4.79 Å². The molecule has 0 rings (SSSR count). The Morgan fingerprint density at radius 3 is 1.88 bits per heavy atom. The Labute approximate surface area is 199 Å². The molecule has 0 aliphatic rings. The molecule has 0 saturated carbocycles. The molecule has 196 valence electrons. The number of carbonyl (C=O) groups excluding carboxylic acids is 3. The molecular weight excluding hydrogens is 450 g/mol. The average molecular weight is 490 g/mol. The first-order valence-electron chi connectivity index (χ1n) is 11.3. The molecule has 0 saturated heterocycles. The van der Waals surface area contributed by atoms with Crippen molar-refractivity contribution in [2.45, 2.75) is 89.6 Å². The molecule has 0 aromatic carbocycles. The number of carbonyl (C=O) groups is 5. The zero-order valence-electron chi connectivity index (χ0n) is 20.0. The minimum absolute atomic E-state index is 0.0580. The molecule has 0 aromatic heterocycles. The second-order valence-electron chi connectivity index (χ2n) is 8.64. The summed E-state index contributed by atoms with van der Waals surface area (Å²) in [6.07, 6.45) is -0.498. The number of aliphatic hydroxyl groups excluding tert-OH is 1. The highest BCUT2D eigenvalue weighted by molar-refractivity contribution is 5.94. The largest absolute Gasteiger partial charge is 0.481 e. The van der Waals surface area contributed by atoms with E-state index in [9.17, 15) is 34.2 Å². The number of nitrogens with one attached hydrogen (secondary N) is 3. The topological polar surface area (TPSA) is 234 Å². The Hall–Kier alpha value is -2.77. The summed E-state index contributed by atoms with van der Waals surface area (Å²) in [5, 5.41) is 35.3. The van der Waals surface area contributed by atoms with Crippen LogP contribution in [0.5, 0.6) is 0 Å². The van der Waals surface area contributed by atoms with Gasteiger partial charge in [-0.3, -0.25) is 19.2 Å². The maximum Gasteiger partial charge on any atom is 0.326 e. The van der Waals surface area contributed by atoms with E-state index >= 15 is 0 Å². The molecule has 3 amide bonds. The van der Waals surface area contributed by atoms with Crippen LogP contribution < -0.4 is 27.4 Å². The van der Waals surface area contributed by atoms with E-state index in [1.54, 1.807) is 13.8 Å². The van der Waals surface area contributed by atoms with Crippen LogP contribution in [0.4, 0.5) is 0 Å². The molecule has 10 N–H and O–H groups in total. The van der Waals surface area contributed by atoms with Gasteiger partial charge in [-0.1, -0.05) is 20.3 Å². The van der Waals surface area contributed by atoms with E-state index in [0.29, 0.717) is 25.8 Å². The normalized spacial score (nSPS) is 15.5. The van der Waals surface area contributed by atoms with Crippen LogP contribution >= 0.6 is 0 Å². The van der Waals surface area contributed by atoms with Gasteiger partial charge < -0.3 is 42.7 Å². The van der Waals surface area contributed by atoms with Crippen LogP contribution in [0.15, 0.2) is 0 Å². The van der Waals surface area contributed by atoms with Crippen LogP contribution in [-0.4, -0.2) is 81.8 Å². The molecule has 13 nitrogen and oxygen atoms in total. The standard InChI is InChI=1S/C21H39N5O8/c1-11(2)10-15(21(33)34)25-19(31)14(7-8-16(28)29)24-20(32)17(12(3)27)26-18(30)13(23)6-4-5-9-22/h11-15,17,27H,4-10,22-23H2,1-3H3,(H,24,32)(H,25,31)(H,26,30)(H,28,29)(H,33,34). The molecule has 0 spiro atoms. The SMILES string of the molecule is CC(C)CC(NC(=O)C(CCC(=O)O)NC(=O)C(NC(=O)C(N)CCCCN)C(C)O)C(=O)O. The number of nitrogens with two attached hydrogens (primary N) is 2. The smallest absolute Gasteiger partial charge is 0.326 e. The van der Waals surface area contributed by atoms with Crippen LogP contribution in [0.25, 0.3) is 0 Å². The van der Waals surface area contributed by atoms with Crippen molar-refractivity contribution in [3.8, 4) is 0 Å². The van der Waals surface area contributed by atoms with Crippen LogP contribution in [0.3, 0.4) is 0 Å². The Balaban J connectivity index is 5.42. The molecule has 5 unspecified atom stereocenters. The molecule has 5 atom stereocenters. The summed E-state index contributed by atoms with van der Waals surface area (Å²) in [6.45, 7) is 5.22. The third-order valence-electron chi connectivity index (χ3n) is 4.97. The first-order chi connectivity index (χ1) is 15.8. The third-order valence-corrected chi connectivity index (χ3v) is 4.97. The van der Waals surface area contributed by atoms with E-state index in [1.165, 1.54) is 6.92 Å². The van der Waals surface area contributed by atoms with Gasteiger partial charge in [0.1, 0.15) is 18.1 Å². The van der Waals surface area contributed by atoms with E-state index in [4.69, 9.17) is 16.6 Å². The van der Waals surface area contributed by atoms with Crippen molar-refractivity contribution in [1.82, 2.24) is 16.0 Å². The van der Waals surface area contributed by atoms with Crippen molar-refractivity contribution < 1.29 is 39.3 Å². The van der Waals surface area contributed by atoms with E-state index < -0.39 is 66.4 Å². The second-order valence-corrected chi connectivity index (χ2v) is 8.64. The van der Waals surface area contributed by atoms with Crippen molar-refractivity contribution >= 4 is 29.7 Å². The fraction of sp³-hybridized carbons (Fsp3) is 0.762. The molecular formula is C21H39N5O8. The van der Waals surface area contributed by atoms with Crippen molar-refractivity contribution in [1.29, 1.82) is 0 Å². The Morgan fingerprint density at radius 2 is 1.41 bits per heavy atom. The zero-order chi connectivity index (χ0) is 26.4. The minimum Gasteiger partial charge on any atom is -0.481 e. The number of carboxylic acids is 2. The van der Waals surface area contributed by atoms with Gasteiger partial charge in [0.2, 0.25) is 17.7 Å². The number of aliphatic carboxylic acids is 2. The molecule has 13 heteroatoms. The summed E-state index contributed by atoms with van der Waals surface area (Å²) in [6, 6.07) is -5.07. The molecule has 0 bridgehead atoms. The number of carboxylic acid groups (broad SMARTS) is 2. The van der Waals surface area contributed by atoms with Gasteiger partial charge in [0.05, 0.1) is 12.1 Å². The summed E-state index contributed by atoms with van der Waals surface area (Å²) >= 11 is 0. The number of unbranched alkanes of at least 4 members (excludes halogenated alkanes) is 1. The van der Waals surface area contributed by atoms with Crippen molar-refractivity contribution in [2.75, 3.05) is 6.54 Å². The van der Waals surface area contributed by atoms with Gasteiger partial charge in [-0.05, 0) is 45.1 Å². The summed E-state index contributed by atoms with van der Waals surface area (Å²) in [7, 11) is 0. The minimum atomic E-state index is -1.47. The number of hydrogen-bond donors (Lipinski definition) is 8. The fourth-order valence-electron chi connectivity index (χ4n) is 3.07. The maximum atomic E-state index is 12.8. The zero-order valence-corrected chi connectivity index (χ0v) is 20.0. The summed E-state index contributed by atoms with van der Waals surface area (Å²) in [4.78, 5) is 60.3. The van der Waals surface area contributed by atoms with Crippen LogP contribution in [-0.2, 0) is 24.0 Å². The molecule has 0 aromatic rings. The van der Waals surface area contributed by atoms with Gasteiger partial charge in [0, 0.05) is 6.42 Å². The highest BCUT2D eigenvalue weighted by atomic mass is 16.4. The summed E-state index contributed by atoms with van der Waals surface area (Å²) in [5.74, 6) is -5.09. The fourth-order valence-corrected chi connectivity index (χ4v) is 3.07. The van der Waals surface area contributed by atoms with Crippen molar-refractivity contribution in [3.05, 3.63) is 0 Å². The van der Waals surface area contributed by atoms with E-state index in [2.05, 4.69) is 16.0 Å². The monoisotopic (exact) mass is 489 g/mol. The summed E-state index contributed by atoms with van der Waals surface area (Å²) in [5.41, 5.74) is 11.2. The van der Waals surface area contributed by atoms with E-state index in [0.717, 1.165) is 0 Å². The highest BCUT2D eigenvalue weighted by Crippen LogP contribution is 2.08. The van der Waals surface area contributed by atoms with Crippen molar-refractivity contribution in [2.24, 2.45) is 17.4 Å². The predicted octanol–water partition coefficient (Wildman–Crippen LogP) is -1.73. The average Bonchev–Trinajstić information content (AvgIpc) is 2.73. The maximum absolute atomic E-state index is 12.8. The van der Waals surface area contributed by atoms with Gasteiger partial charge in [-0.2, -0.15) is 0 Å². The Morgan fingerprint density at radius 1 is 0.824 bits per heavy atom. The van der Waals surface area contributed by atoms with E-state index in [1.807, 2.05) is 0 Å². The van der Waals surface area contributed by atoms with E-state index in [-0.39, 0.29) is 18.8 Å². The van der Waals surface area contributed by atoms with Crippen LogP contribution in [0, 0.1) is 5.92 Å². The Kier molecular flexibility index (Phi) is 14.7. The first-order valence-corrected chi connectivity index (χ1v) is 11.3. The van der Waals surface area contributed by atoms with Gasteiger partial charge in [-0.15, -0.1) is 0 Å². The third kappa shape index (κ3) is 12.5. The molecule has 34 heavy (non-hydrogen) atoms. The molecule has 0 heterocycles. The lowest BCUT2D eigenvalue weighted by Gasteiger charge is -2.26. The quantitative estimate of drug-likeness (QED) is 0.107. The summed E-state index contributed by atoms with van der Waals surface area (Å²) < 4.78 is 0. The lowest BCUT2D eigenvalue weighted by Crippen LogP contribution is -2.59. The van der Waals surface area contributed by atoms with Gasteiger partial charge >= 0.3 is 11.9 Å². The number of hydrogen-bond acceptors (Lipinski definition) is 8. The molecule has 0 aliphatic carbocycles. The highest BCUT2D eigenvalue weighted by Gasteiger charge is 2.32. The predicted molar refractivity (Wildman–Crippen MR) is 122 cm³/mol. The molecule has 0 radical (unpaired) electrons. The lowest BCUT2D eigenvalue weighted by atomic mass is 10.0. The van der Waals surface area contributed by atoms with Gasteiger partial charge in [0.15, 0.2) is 0 Å². The van der Waals surface area contributed by atoms with Crippen LogP contribution in [0.1, 0.15) is 59.3 Å². The Bertz CT molecular complexity index is 701. The number of amides is 3. The molecule has 0 fully saturated rings. The molecule has 0 aliphatic heterocycles. The lowest BCUT2D eigenvalue weighted by molar-refractivity contribution is -0.143. The second kappa shape index (κ2) is 16.0.